The number of hydrogen-bond donors (Lipinski definition) is 1. The van der Waals surface area contributed by atoms with Crippen LogP contribution < -0.4 is 15.0 Å². The van der Waals surface area contributed by atoms with E-state index < -0.39 is 11.8 Å². The third-order valence-electron chi connectivity index (χ3n) is 4.72. The minimum Gasteiger partial charge on any atom is -0.439 e. The number of hydrogen-bond acceptors (Lipinski definition) is 5. The third-order valence-corrected chi connectivity index (χ3v) is 5.51. The van der Waals surface area contributed by atoms with E-state index in [0.29, 0.717) is 38.6 Å². The number of benzene rings is 2. The molecule has 32 heavy (non-hydrogen) atoms. The lowest BCUT2D eigenvalue weighted by Gasteiger charge is -2.28. The lowest BCUT2D eigenvalue weighted by atomic mass is 10.1. The topological polar surface area (TPSA) is 76.5 Å². The number of aryl methyl sites for hydroxylation is 2. The average Bonchev–Trinajstić information content (AvgIpc) is 3.00. The van der Waals surface area contributed by atoms with Crippen molar-refractivity contribution in [1.82, 2.24) is 15.1 Å². The van der Waals surface area contributed by atoms with Crippen LogP contribution in [0.3, 0.4) is 0 Å². The lowest BCUT2D eigenvalue weighted by molar-refractivity contribution is -0.122. The summed E-state index contributed by atoms with van der Waals surface area (Å²) in [7, 11) is 1.71. The maximum Gasteiger partial charge on any atom is 0.270 e. The first-order valence-electron chi connectivity index (χ1n) is 9.38. The molecule has 0 spiro atoms. The molecule has 0 radical (unpaired) electrons. The number of carbonyl (C=O) groups excluding carboxylic acids is 2. The summed E-state index contributed by atoms with van der Waals surface area (Å²) in [6.07, 6.45) is 1.45. The predicted molar refractivity (Wildman–Crippen MR) is 127 cm³/mol. The van der Waals surface area contributed by atoms with Gasteiger partial charge in [0.05, 0.1) is 16.9 Å². The molecule has 4 rings (SSSR count). The molecule has 2 aromatic carbocycles. The zero-order valence-electron chi connectivity index (χ0n) is 16.9. The van der Waals surface area contributed by atoms with Gasteiger partial charge in [-0.1, -0.05) is 23.2 Å². The summed E-state index contributed by atoms with van der Waals surface area (Å²) in [6, 6.07) is 13.4. The fourth-order valence-corrected chi connectivity index (χ4v) is 3.71. The SMILES string of the molecule is Cc1nn(C)c(Oc2ccc(Cl)cc2)c1/C=C1\C(=O)NC(=S)N(c2ccc(Cl)cc2)C1=O. The first-order chi connectivity index (χ1) is 15.2. The van der Waals surface area contributed by atoms with Gasteiger partial charge in [-0.25, -0.2) is 4.68 Å². The Balaban J connectivity index is 1.74. The molecule has 1 aliphatic rings. The molecule has 0 saturated carbocycles. The van der Waals surface area contributed by atoms with Gasteiger partial charge in [0.1, 0.15) is 11.3 Å². The van der Waals surface area contributed by atoms with Crippen molar-refractivity contribution in [2.75, 3.05) is 4.90 Å². The molecule has 3 aromatic rings. The van der Waals surface area contributed by atoms with Crippen LogP contribution in [0.2, 0.25) is 10.0 Å². The van der Waals surface area contributed by atoms with E-state index in [4.69, 9.17) is 40.2 Å². The van der Waals surface area contributed by atoms with Crippen molar-refractivity contribution >= 4 is 64.1 Å². The highest BCUT2D eigenvalue weighted by atomic mass is 35.5. The third kappa shape index (κ3) is 4.25. The Morgan fingerprint density at radius 1 is 1.03 bits per heavy atom. The van der Waals surface area contributed by atoms with Crippen molar-refractivity contribution in [3.63, 3.8) is 0 Å². The van der Waals surface area contributed by atoms with Crippen LogP contribution in [0.25, 0.3) is 6.08 Å². The molecule has 0 aliphatic carbocycles. The summed E-state index contributed by atoms with van der Waals surface area (Å²) in [4.78, 5) is 27.2. The average molecular weight is 487 g/mol. The normalized spacial score (nSPS) is 15.3. The highest BCUT2D eigenvalue weighted by Gasteiger charge is 2.35. The van der Waals surface area contributed by atoms with E-state index in [2.05, 4.69) is 10.4 Å². The number of halogens is 2. The second kappa shape index (κ2) is 8.74. The zero-order valence-corrected chi connectivity index (χ0v) is 19.3. The lowest BCUT2D eigenvalue weighted by Crippen LogP contribution is -2.54. The van der Waals surface area contributed by atoms with Crippen molar-refractivity contribution in [1.29, 1.82) is 0 Å². The molecule has 2 heterocycles. The standard InChI is InChI=1S/C22H16Cl2N4O3S/c1-12-17(21(27(2)26-12)31-16-9-5-14(24)6-10-16)11-18-19(29)25-22(32)28(20(18)30)15-7-3-13(23)4-8-15/h3-11H,1-2H3,(H,25,29,32)/b18-11+. The number of rotatable bonds is 4. The van der Waals surface area contributed by atoms with Crippen LogP contribution in [0.4, 0.5) is 5.69 Å². The number of aromatic nitrogens is 2. The molecule has 7 nitrogen and oxygen atoms in total. The fraction of sp³-hybridized carbons (Fsp3) is 0.0909. The quantitative estimate of drug-likeness (QED) is 0.329. The Labute approximate surface area is 199 Å². The van der Waals surface area contributed by atoms with Gasteiger partial charge in [0.15, 0.2) is 5.11 Å². The van der Waals surface area contributed by atoms with Crippen LogP contribution in [0.15, 0.2) is 54.1 Å². The Morgan fingerprint density at radius 3 is 2.25 bits per heavy atom. The van der Waals surface area contributed by atoms with Crippen molar-refractivity contribution < 1.29 is 14.3 Å². The van der Waals surface area contributed by atoms with Gasteiger partial charge in [0.2, 0.25) is 5.88 Å². The molecule has 0 bridgehead atoms. The number of amides is 2. The van der Waals surface area contributed by atoms with E-state index in [-0.39, 0.29) is 10.7 Å². The van der Waals surface area contributed by atoms with Gasteiger partial charge in [-0.3, -0.25) is 19.8 Å². The monoisotopic (exact) mass is 486 g/mol. The number of anilines is 1. The molecule has 1 aromatic heterocycles. The molecule has 1 saturated heterocycles. The summed E-state index contributed by atoms with van der Waals surface area (Å²) in [6.45, 7) is 1.76. The number of thiocarbonyl (C=S) groups is 1. The molecule has 2 amide bonds. The number of nitrogens with one attached hydrogen (secondary N) is 1. The van der Waals surface area contributed by atoms with E-state index in [1.165, 1.54) is 15.7 Å². The van der Waals surface area contributed by atoms with Crippen LogP contribution in [0, 0.1) is 6.92 Å². The van der Waals surface area contributed by atoms with Crippen LogP contribution >= 0.6 is 35.4 Å². The van der Waals surface area contributed by atoms with E-state index in [1.54, 1.807) is 62.5 Å². The van der Waals surface area contributed by atoms with Gasteiger partial charge in [-0.15, -0.1) is 0 Å². The van der Waals surface area contributed by atoms with E-state index in [9.17, 15) is 9.59 Å². The first kappa shape index (κ1) is 22.0. The van der Waals surface area contributed by atoms with E-state index >= 15 is 0 Å². The molecule has 1 fully saturated rings. The van der Waals surface area contributed by atoms with Crippen LogP contribution in [-0.4, -0.2) is 26.7 Å². The smallest absolute Gasteiger partial charge is 0.270 e. The molecule has 0 atom stereocenters. The summed E-state index contributed by atoms with van der Waals surface area (Å²) in [5.41, 5.74) is 1.45. The zero-order chi connectivity index (χ0) is 23.0. The molecule has 1 N–H and O–H groups in total. The maximum absolute atomic E-state index is 13.3. The highest BCUT2D eigenvalue weighted by molar-refractivity contribution is 7.80. The summed E-state index contributed by atoms with van der Waals surface area (Å²) >= 11 is 17.1. The van der Waals surface area contributed by atoms with Crippen LogP contribution in [0.5, 0.6) is 11.6 Å². The van der Waals surface area contributed by atoms with Crippen molar-refractivity contribution in [2.24, 2.45) is 7.05 Å². The number of nitrogens with zero attached hydrogens (tertiary/aromatic N) is 3. The summed E-state index contributed by atoms with van der Waals surface area (Å²) < 4.78 is 7.50. The summed E-state index contributed by atoms with van der Waals surface area (Å²) in [5, 5.41) is 8.00. The van der Waals surface area contributed by atoms with Gasteiger partial charge >= 0.3 is 0 Å². The Hall–Kier alpha value is -3.20. The van der Waals surface area contributed by atoms with Crippen molar-refractivity contribution in [2.45, 2.75) is 6.92 Å². The molecule has 162 valence electrons. The minimum atomic E-state index is -0.606. The largest absolute Gasteiger partial charge is 0.439 e. The second-order valence-electron chi connectivity index (χ2n) is 6.92. The first-order valence-corrected chi connectivity index (χ1v) is 10.5. The number of carbonyl (C=O) groups is 2. The van der Waals surface area contributed by atoms with E-state index in [0.717, 1.165) is 0 Å². The van der Waals surface area contributed by atoms with Crippen molar-refractivity contribution in [3.8, 4) is 11.6 Å². The molecule has 0 unspecified atom stereocenters. The van der Waals surface area contributed by atoms with Gasteiger partial charge in [-0.05, 0) is 73.7 Å². The van der Waals surface area contributed by atoms with Gasteiger partial charge in [-0.2, -0.15) is 5.10 Å². The van der Waals surface area contributed by atoms with Gasteiger partial charge < -0.3 is 4.74 Å². The molecule has 1 aliphatic heterocycles. The molecular formula is C22H16Cl2N4O3S. The van der Waals surface area contributed by atoms with E-state index in [1.807, 2.05) is 0 Å². The number of ether oxygens (including phenoxy) is 1. The maximum atomic E-state index is 13.3. The Kier molecular flexibility index (Phi) is 6.01. The fourth-order valence-electron chi connectivity index (χ4n) is 3.18. The summed E-state index contributed by atoms with van der Waals surface area (Å²) in [5.74, 6) is -0.280. The minimum absolute atomic E-state index is 0.0139. The van der Waals surface area contributed by atoms with Gasteiger partial charge in [0, 0.05) is 17.1 Å². The van der Waals surface area contributed by atoms with Gasteiger partial charge in [0.25, 0.3) is 11.8 Å². The highest BCUT2D eigenvalue weighted by Crippen LogP contribution is 2.31. The molecular weight excluding hydrogens is 471 g/mol. The van der Waals surface area contributed by atoms with Crippen LogP contribution in [-0.2, 0) is 16.6 Å². The van der Waals surface area contributed by atoms with Crippen LogP contribution in [0.1, 0.15) is 11.3 Å². The second-order valence-corrected chi connectivity index (χ2v) is 8.18. The predicted octanol–water partition coefficient (Wildman–Crippen LogP) is 4.66. The Bertz CT molecular complexity index is 1270. The van der Waals surface area contributed by atoms with Crippen molar-refractivity contribution in [3.05, 3.63) is 75.4 Å². The Morgan fingerprint density at radius 2 is 1.62 bits per heavy atom. The molecule has 10 heteroatoms.